The van der Waals surface area contributed by atoms with Gasteiger partial charge in [0, 0.05) is 10.6 Å². The van der Waals surface area contributed by atoms with Gasteiger partial charge in [-0.3, -0.25) is 9.59 Å². The monoisotopic (exact) mass is 332 g/mol. The lowest BCUT2D eigenvalue weighted by Crippen LogP contribution is -2.43. The average molecular weight is 332 g/mol. The van der Waals surface area contributed by atoms with E-state index in [9.17, 15) is 9.59 Å². The van der Waals surface area contributed by atoms with Crippen LogP contribution in [0.3, 0.4) is 0 Å². The molecule has 0 aliphatic rings. The zero-order valence-electron chi connectivity index (χ0n) is 13.1. The molecule has 0 saturated carbocycles. The minimum Gasteiger partial charge on any atom is -0.394 e. The molecular weight excluding hydrogens is 312 g/mol. The maximum atomic E-state index is 11.9. The topological polar surface area (TPSA) is 78.4 Å². The Morgan fingerprint density at radius 3 is 2.65 bits per heavy atom. The van der Waals surface area contributed by atoms with E-state index in [2.05, 4.69) is 10.6 Å². The highest BCUT2D eigenvalue weighted by Crippen LogP contribution is 2.30. The van der Waals surface area contributed by atoms with Gasteiger partial charge in [0.15, 0.2) is 0 Å². The van der Waals surface area contributed by atoms with Crippen LogP contribution >= 0.6 is 11.3 Å². The summed E-state index contributed by atoms with van der Waals surface area (Å²) in [4.78, 5) is 24.9. The Labute approximate surface area is 139 Å². The van der Waals surface area contributed by atoms with Crippen molar-refractivity contribution in [3.8, 4) is 10.4 Å². The normalized spacial score (nSPS) is 11.8. The molecule has 1 atom stereocenters. The minimum absolute atomic E-state index is 0.192. The van der Waals surface area contributed by atoms with Crippen LogP contribution in [-0.2, 0) is 9.59 Å². The first-order chi connectivity index (χ1) is 11.0. The molecule has 1 heterocycles. The van der Waals surface area contributed by atoms with Gasteiger partial charge in [0.1, 0.15) is 0 Å². The number of carbonyl (C=O) groups is 2. The van der Waals surface area contributed by atoms with Crippen molar-refractivity contribution < 1.29 is 14.7 Å². The maximum absolute atomic E-state index is 11.9. The highest BCUT2D eigenvalue weighted by Gasteiger charge is 2.17. The predicted octanol–water partition coefficient (Wildman–Crippen LogP) is 2.55. The summed E-state index contributed by atoms with van der Waals surface area (Å²) in [6, 6.07) is 9.01. The molecule has 1 unspecified atom stereocenters. The van der Waals surface area contributed by atoms with Crippen molar-refractivity contribution in [2.75, 3.05) is 11.9 Å². The zero-order chi connectivity index (χ0) is 16.8. The number of thiophene rings is 1. The third kappa shape index (κ3) is 4.40. The van der Waals surface area contributed by atoms with Gasteiger partial charge >= 0.3 is 11.8 Å². The van der Waals surface area contributed by atoms with Crippen molar-refractivity contribution >= 4 is 28.8 Å². The van der Waals surface area contributed by atoms with E-state index in [0.29, 0.717) is 12.1 Å². The largest absolute Gasteiger partial charge is 0.394 e. The highest BCUT2D eigenvalue weighted by atomic mass is 32.1. The molecule has 23 heavy (non-hydrogen) atoms. The maximum Gasteiger partial charge on any atom is 0.313 e. The number of aliphatic hydroxyl groups excluding tert-OH is 1. The second-order valence-corrected chi connectivity index (χ2v) is 6.14. The number of benzene rings is 1. The van der Waals surface area contributed by atoms with Gasteiger partial charge < -0.3 is 15.7 Å². The Morgan fingerprint density at radius 2 is 2.04 bits per heavy atom. The van der Waals surface area contributed by atoms with Crippen molar-refractivity contribution in [3.05, 3.63) is 41.3 Å². The summed E-state index contributed by atoms with van der Waals surface area (Å²) < 4.78 is 0. The minimum atomic E-state index is -0.747. The van der Waals surface area contributed by atoms with Crippen molar-refractivity contribution in [3.63, 3.8) is 0 Å². The summed E-state index contributed by atoms with van der Waals surface area (Å²) in [7, 11) is 0. The van der Waals surface area contributed by atoms with Crippen molar-refractivity contribution in [1.29, 1.82) is 0 Å². The molecule has 6 heteroatoms. The standard InChI is InChI=1S/C17H20N2O3S/c1-3-13(10-20)18-16(21)17(22)19-14-6-4-5-12(9-14)15-11(2)7-8-23-15/h4-9,13,20H,3,10H2,1-2H3,(H,18,21)(H,19,22). The lowest BCUT2D eigenvalue weighted by atomic mass is 10.1. The number of hydrogen-bond donors (Lipinski definition) is 3. The van der Waals surface area contributed by atoms with E-state index in [0.717, 1.165) is 10.4 Å². The summed E-state index contributed by atoms with van der Waals surface area (Å²) in [5.74, 6) is -1.49. The SMILES string of the molecule is CCC(CO)NC(=O)C(=O)Nc1cccc(-c2sccc2C)c1. The van der Waals surface area contributed by atoms with Gasteiger partial charge in [-0.15, -0.1) is 11.3 Å². The van der Waals surface area contributed by atoms with Gasteiger partial charge in [-0.2, -0.15) is 0 Å². The van der Waals surface area contributed by atoms with E-state index in [1.807, 2.05) is 43.5 Å². The van der Waals surface area contributed by atoms with Crippen LogP contribution in [0.2, 0.25) is 0 Å². The smallest absolute Gasteiger partial charge is 0.313 e. The molecule has 0 aliphatic carbocycles. The molecule has 1 aromatic carbocycles. The lowest BCUT2D eigenvalue weighted by Gasteiger charge is -2.13. The van der Waals surface area contributed by atoms with Crippen LogP contribution in [0.4, 0.5) is 5.69 Å². The van der Waals surface area contributed by atoms with Gasteiger partial charge in [0.2, 0.25) is 0 Å². The fourth-order valence-corrected chi connectivity index (χ4v) is 3.05. The number of hydrogen-bond acceptors (Lipinski definition) is 4. The zero-order valence-corrected chi connectivity index (χ0v) is 13.9. The van der Waals surface area contributed by atoms with Crippen LogP contribution in [0.5, 0.6) is 0 Å². The number of aryl methyl sites for hydroxylation is 1. The number of amides is 2. The molecule has 3 N–H and O–H groups in total. The van der Waals surface area contributed by atoms with Crippen LogP contribution in [-0.4, -0.2) is 29.6 Å². The summed E-state index contributed by atoms with van der Waals surface area (Å²) >= 11 is 1.63. The van der Waals surface area contributed by atoms with Crippen LogP contribution in [0.25, 0.3) is 10.4 Å². The molecule has 0 radical (unpaired) electrons. The van der Waals surface area contributed by atoms with Gasteiger partial charge in [-0.1, -0.05) is 19.1 Å². The molecule has 0 bridgehead atoms. The fraction of sp³-hybridized carbons (Fsp3) is 0.294. The predicted molar refractivity (Wildman–Crippen MR) is 92.4 cm³/mol. The van der Waals surface area contributed by atoms with E-state index in [1.165, 1.54) is 5.56 Å². The van der Waals surface area contributed by atoms with E-state index < -0.39 is 17.9 Å². The molecule has 0 saturated heterocycles. The van der Waals surface area contributed by atoms with Gasteiger partial charge in [0.25, 0.3) is 0 Å². The molecular formula is C17H20N2O3S. The molecule has 2 amide bonds. The lowest BCUT2D eigenvalue weighted by molar-refractivity contribution is -0.136. The second-order valence-electron chi connectivity index (χ2n) is 5.23. The van der Waals surface area contributed by atoms with Crippen molar-refractivity contribution in [2.45, 2.75) is 26.3 Å². The molecule has 5 nitrogen and oxygen atoms in total. The summed E-state index contributed by atoms with van der Waals surface area (Å²) in [5.41, 5.74) is 2.73. The van der Waals surface area contributed by atoms with Crippen molar-refractivity contribution in [2.24, 2.45) is 0 Å². The Balaban J connectivity index is 2.07. The van der Waals surface area contributed by atoms with E-state index in [-0.39, 0.29) is 6.61 Å². The van der Waals surface area contributed by atoms with E-state index in [1.54, 1.807) is 17.4 Å². The summed E-state index contributed by atoms with van der Waals surface area (Å²) in [5, 5.41) is 16.2. The van der Waals surface area contributed by atoms with Crippen LogP contribution in [0.1, 0.15) is 18.9 Å². The first-order valence-electron chi connectivity index (χ1n) is 7.42. The number of aliphatic hydroxyl groups is 1. The Kier molecular flexibility index (Phi) is 5.90. The number of anilines is 1. The number of rotatable bonds is 5. The Hall–Kier alpha value is -2.18. The molecule has 122 valence electrons. The highest BCUT2D eigenvalue weighted by molar-refractivity contribution is 7.13. The van der Waals surface area contributed by atoms with Gasteiger partial charge in [-0.25, -0.2) is 0 Å². The fourth-order valence-electron chi connectivity index (χ4n) is 2.12. The number of nitrogens with one attached hydrogen (secondary N) is 2. The van der Waals surface area contributed by atoms with Crippen LogP contribution < -0.4 is 10.6 Å². The molecule has 0 fully saturated rings. The first kappa shape index (κ1) is 17.2. The molecule has 2 aromatic rings. The Morgan fingerprint density at radius 1 is 1.26 bits per heavy atom. The quantitative estimate of drug-likeness (QED) is 0.736. The Bertz CT molecular complexity index is 693. The first-order valence-corrected chi connectivity index (χ1v) is 8.30. The van der Waals surface area contributed by atoms with E-state index in [4.69, 9.17) is 5.11 Å². The van der Waals surface area contributed by atoms with E-state index >= 15 is 0 Å². The summed E-state index contributed by atoms with van der Waals surface area (Å²) in [6.07, 6.45) is 0.558. The third-order valence-electron chi connectivity index (χ3n) is 3.50. The average Bonchev–Trinajstić information content (AvgIpc) is 2.98. The van der Waals surface area contributed by atoms with Gasteiger partial charge in [-0.05, 0) is 48.1 Å². The van der Waals surface area contributed by atoms with Crippen LogP contribution in [0.15, 0.2) is 35.7 Å². The molecule has 2 rings (SSSR count). The van der Waals surface area contributed by atoms with Crippen LogP contribution in [0, 0.1) is 6.92 Å². The third-order valence-corrected chi connectivity index (χ3v) is 4.56. The number of carbonyl (C=O) groups excluding carboxylic acids is 2. The second kappa shape index (κ2) is 7.89. The molecule has 0 aliphatic heterocycles. The summed E-state index contributed by atoms with van der Waals surface area (Å²) in [6.45, 7) is 3.67. The van der Waals surface area contributed by atoms with Gasteiger partial charge in [0.05, 0.1) is 12.6 Å². The molecule has 1 aromatic heterocycles. The molecule has 0 spiro atoms. The van der Waals surface area contributed by atoms with Crippen molar-refractivity contribution in [1.82, 2.24) is 5.32 Å².